The third kappa shape index (κ3) is 4.31. The second kappa shape index (κ2) is 7.58. The van der Waals surface area contributed by atoms with Crippen LogP contribution in [0.1, 0.15) is 31.2 Å². The van der Waals surface area contributed by atoms with Gasteiger partial charge >= 0.3 is 0 Å². The minimum atomic E-state index is -0.214. The topological polar surface area (TPSA) is 74.9 Å². The number of piperazine rings is 1. The van der Waals surface area contributed by atoms with Crippen LogP contribution in [0, 0.1) is 6.92 Å². The van der Waals surface area contributed by atoms with Crippen molar-refractivity contribution in [2.24, 2.45) is 0 Å². The Labute approximate surface area is 142 Å². The summed E-state index contributed by atoms with van der Waals surface area (Å²) in [4.78, 5) is 23.1. The zero-order valence-electron chi connectivity index (χ0n) is 14.8. The molecule has 2 fully saturated rings. The van der Waals surface area contributed by atoms with Crippen LogP contribution in [0.5, 0.6) is 0 Å². The monoisotopic (exact) mass is 337 g/mol. The molecule has 1 aromatic rings. The Bertz CT molecular complexity index is 556. The average Bonchev–Trinajstić information content (AvgIpc) is 2.99. The molecule has 3 heterocycles. The van der Waals surface area contributed by atoms with Crippen LogP contribution in [0.25, 0.3) is 0 Å². The molecule has 0 saturated carbocycles. The van der Waals surface area contributed by atoms with E-state index in [0.717, 1.165) is 39.3 Å². The van der Waals surface area contributed by atoms with Gasteiger partial charge in [0.05, 0.1) is 6.10 Å². The van der Waals surface area contributed by atoms with Gasteiger partial charge in [-0.15, -0.1) is 0 Å². The second-order valence-corrected chi connectivity index (χ2v) is 6.81. The predicted molar refractivity (Wildman–Crippen MR) is 87.5 cm³/mol. The van der Waals surface area contributed by atoms with E-state index < -0.39 is 0 Å². The maximum absolute atomic E-state index is 12.4. The molecule has 0 unspecified atom stereocenters. The second-order valence-electron chi connectivity index (χ2n) is 6.81. The van der Waals surface area contributed by atoms with E-state index in [9.17, 15) is 4.79 Å². The lowest BCUT2D eigenvalue weighted by Crippen LogP contribution is -2.48. The summed E-state index contributed by atoms with van der Waals surface area (Å²) in [6, 6.07) is 0. The molecule has 0 radical (unpaired) electrons. The van der Waals surface area contributed by atoms with Crippen LogP contribution in [0.15, 0.2) is 4.52 Å². The summed E-state index contributed by atoms with van der Waals surface area (Å²) in [6.45, 7) is 9.65. The van der Waals surface area contributed by atoms with E-state index in [0.29, 0.717) is 24.7 Å². The number of ether oxygens (including phenoxy) is 1. The Morgan fingerprint density at radius 3 is 2.67 bits per heavy atom. The summed E-state index contributed by atoms with van der Waals surface area (Å²) < 4.78 is 11.2. The maximum atomic E-state index is 12.4. The number of aromatic nitrogens is 2. The highest BCUT2D eigenvalue weighted by atomic mass is 16.5. The number of hydrogen-bond acceptors (Lipinski definition) is 7. The maximum Gasteiger partial charge on any atom is 0.257 e. The van der Waals surface area contributed by atoms with Crippen molar-refractivity contribution in [2.75, 3.05) is 52.9 Å². The van der Waals surface area contributed by atoms with Crippen LogP contribution in [-0.4, -0.2) is 89.7 Å². The van der Waals surface area contributed by atoms with E-state index in [1.54, 1.807) is 6.92 Å². The molecule has 1 amide bonds. The van der Waals surface area contributed by atoms with E-state index in [-0.39, 0.29) is 18.1 Å². The Morgan fingerprint density at radius 1 is 1.25 bits per heavy atom. The highest BCUT2D eigenvalue weighted by Crippen LogP contribution is 2.24. The SMILES string of the molecule is Cc1noc([C@H]2CN(CCC(=O)N3CCN(C)CC3)C[C@@H](C)O2)n1. The molecular formula is C16H27N5O3. The van der Waals surface area contributed by atoms with E-state index in [1.807, 2.05) is 11.8 Å². The Balaban J connectivity index is 1.50. The van der Waals surface area contributed by atoms with Crippen LogP contribution in [0.3, 0.4) is 0 Å². The van der Waals surface area contributed by atoms with Gasteiger partial charge in [-0.2, -0.15) is 4.98 Å². The molecule has 2 atom stereocenters. The van der Waals surface area contributed by atoms with Crippen LogP contribution < -0.4 is 0 Å². The molecule has 0 bridgehead atoms. The summed E-state index contributed by atoms with van der Waals surface area (Å²) >= 11 is 0. The van der Waals surface area contributed by atoms with E-state index >= 15 is 0 Å². The zero-order valence-corrected chi connectivity index (χ0v) is 14.8. The van der Waals surface area contributed by atoms with Gasteiger partial charge in [-0.1, -0.05) is 5.16 Å². The molecule has 1 aromatic heterocycles. The molecular weight excluding hydrogens is 310 g/mol. The molecule has 2 aliphatic heterocycles. The predicted octanol–water partition coefficient (Wildman–Crippen LogP) is 0.304. The summed E-state index contributed by atoms with van der Waals surface area (Å²) in [5, 5.41) is 3.83. The number of carbonyl (C=O) groups excluding carboxylic acids is 1. The molecule has 0 aliphatic carbocycles. The molecule has 0 N–H and O–H groups in total. The van der Waals surface area contributed by atoms with Gasteiger partial charge in [0.15, 0.2) is 5.82 Å². The zero-order chi connectivity index (χ0) is 17.1. The first kappa shape index (κ1) is 17.3. The number of carbonyl (C=O) groups is 1. The van der Waals surface area contributed by atoms with E-state index in [2.05, 4.69) is 27.0 Å². The van der Waals surface area contributed by atoms with Gasteiger partial charge in [-0.25, -0.2) is 0 Å². The van der Waals surface area contributed by atoms with E-state index in [1.165, 1.54) is 0 Å². The first-order valence-corrected chi connectivity index (χ1v) is 8.65. The normalized spacial score (nSPS) is 26.7. The molecule has 8 nitrogen and oxygen atoms in total. The fourth-order valence-corrected chi connectivity index (χ4v) is 3.27. The van der Waals surface area contributed by atoms with Gasteiger partial charge in [0.1, 0.15) is 6.10 Å². The van der Waals surface area contributed by atoms with Gasteiger partial charge in [0.25, 0.3) is 5.89 Å². The van der Waals surface area contributed by atoms with Gasteiger partial charge < -0.3 is 19.1 Å². The Morgan fingerprint density at radius 2 is 2.00 bits per heavy atom. The first-order valence-electron chi connectivity index (χ1n) is 8.65. The fourth-order valence-electron chi connectivity index (χ4n) is 3.27. The summed E-state index contributed by atoms with van der Waals surface area (Å²) in [7, 11) is 2.09. The highest BCUT2D eigenvalue weighted by molar-refractivity contribution is 5.76. The van der Waals surface area contributed by atoms with Crippen LogP contribution in [0.4, 0.5) is 0 Å². The summed E-state index contributed by atoms with van der Waals surface area (Å²) in [5.41, 5.74) is 0. The quantitative estimate of drug-likeness (QED) is 0.782. The summed E-state index contributed by atoms with van der Waals surface area (Å²) in [6.07, 6.45) is 0.412. The van der Waals surface area contributed by atoms with Gasteiger partial charge in [0.2, 0.25) is 5.91 Å². The van der Waals surface area contributed by atoms with Gasteiger partial charge in [0, 0.05) is 52.2 Å². The first-order chi connectivity index (χ1) is 11.5. The van der Waals surface area contributed by atoms with Crippen LogP contribution >= 0.6 is 0 Å². The largest absolute Gasteiger partial charge is 0.363 e. The van der Waals surface area contributed by atoms with E-state index in [4.69, 9.17) is 9.26 Å². The van der Waals surface area contributed by atoms with Crippen molar-refractivity contribution in [1.82, 2.24) is 24.8 Å². The molecule has 2 aliphatic rings. The van der Waals surface area contributed by atoms with Crippen LogP contribution in [-0.2, 0) is 9.53 Å². The Kier molecular flexibility index (Phi) is 5.47. The molecule has 134 valence electrons. The lowest BCUT2D eigenvalue weighted by atomic mass is 10.2. The number of amides is 1. The third-order valence-electron chi connectivity index (χ3n) is 4.65. The smallest absolute Gasteiger partial charge is 0.257 e. The molecule has 8 heteroatoms. The Hall–Kier alpha value is -1.51. The fraction of sp³-hybridized carbons (Fsp3) is 0.812. The number of hydrogen-bond donors (Lipinski definition) is 0. The molecule has 0 aromatic carbocycles. The average molecular weight is 337 g/mol. The van der Waals surface area contributed by atoms with Crippen molar-refractivity contribution in [2.45, 2.75) is 32.5 Å². The number of morpholine rings is 1. The number of nitrogens with zero attached hydrogens (tertiary/aromatic N) is 5. The van der Waals surface area contributed by atoms with Crippen molar-refractivity contribution < 1.29 is 14.1 Å². The molecule has 24 heavy (non-hydrogen) atoms. The lowest BCUT2D eigenvalue weighted by Gasteiger charge is -2.36. The van der Waals surface area contributed by atoms with Crippen molar-refractivity contribution in [1.29, 1.82) is 0 Å². The van der Waals surface area contributed by atoms with Crippen molar-refractivity contribution >= 4 is 5.91 Å². The standard InChI is InChI=1S/C16H27N5O3/c1-12-10-20(11-14(23-12)16-17-13(2)18-24-16)5-4-15(22)21-8-6-19(3)7-9-21/h12,14H,4-11H2,1-3H3/t12-,14-/m1/s1. The van der Waals surface area contributed by atoms with Gasteiger partial charge in [-0.05, 0) is 20.9 Å². The summed E-state index contributed by atoms with van der Waals surface area (Å²) in [5.74, 6) is 1.38. The highest BCUT2D eigenvalue weighted by Gasteiger charge is 2.30. The lowest BCUT2D eigenvalue weighted by molar-refractivity contribution is -0.134. The van der Waals surface area contributed by atoms with Crippen molar-refractivity contribution in [3.63, 3.8) is 0 Å². The number of likely N-dealkylation sites (N-methyl/N-ethyl adjacent to an activating group) is 1. The number of rotatable bonds is 4. The van der Waals surface area contributed by atoms with Gasteiger partial charge in [-0.3, -0.25) is 9.69 Å². The van der Waals surface area contributed by atoms with Crippen molar-refractivity contribution in [3.05, 3.63) is 11.7 Å². The molecule has 2 saturated heterocycles. The minimum Gasteiger partial charge on any atom is -0.363 e. The molecule has 3 rings (SSSR count). The number of aryl methyl sites for hydroxylation is 1. The van der Waals surface area contributed by atoms with Crippen molar-refractivity contribution in [3.8, 4) is 0 Å². The third-order valence-corrected chi connectivity index (χ3v) is 4.65. The van der Waals surface area contributed by atoms with Crippen LogP contribution in [0.2, 0.25) is 0 Å². The molecule has 0 spiro atoms. The minimum absolute atomic E-state index is 0.0784.